The summed E-state index contributed by atoms with van der Waals surface area (Å²) in [6, 6.07) is 15.6. The fourth-order valence-electron chi connectivity index (χ4n) is 3.08. The maximum atomic E-state index is 12.9. The maximum Gasteiger partial charge on any atom is 0.408 e. The highest BCUT2D eigenvalue weighted by molar-refractivity contribution is 7.99. The number of hydrogen-bond donors (Lipinski definition) is 2. The molecule has 0 aliphatic heterocycles. The Morgan fingerprint density at radius 1 is 1.09 bits per heavy atom. The Bertz CT molecular complexity index is 1160. The van der Waals surface area contributed by atoms with Crippen LogP contribution in [-0.4, -0.2) is 49.2 Å². The molecule has 2 aromatic carbocycles. The van der Waals surface area contributed by atoms with Crippen LogP contribution in [0.5, 0.6) is 0 Å². The van der Waals surface area contributed by atoms with E-state index in [1.165, 1.54) is 22.0 Å². The summed E-state index contributed by atoms with van der Waals surface area (Å²) in [6.07, 6.45) is -1.49. The van der Waals surface area contributed by atoms with Gasteiger partial charge in [0.15, 0.2) is 5.78 Å². The zero-order valence-corrected chi connectivity index (χ0v) is 20.5. The number of carbonyl (C=O) groups is 3. The monoisotopic (exact) mass is 497 g/mol. The van der Waals surface area contributed by atoms with Crippen LogP contribution >= 0.6 is 11.8 Å². The lowest BCUT2D eigenvalue weighted by atomic mass is 9.87. The predicted octanol–water partition coefficient (Wildman–Crippen LogP) is 3.46. The lowest BCUT2D eigenvalue weighted by Crippen LogP contribution is -2.44. The Morgan fingerprint density at radius 2 is 1.77 bits per heavy atom. The Morgan fingerprint density at radius 3 is 2.40 bits per heavy atom. The van der Waals surface area contributed by atoms with Gasteiger partial charge in [-0.3, -0.25) is 9.59 Å². The number of carboxylic acid groups (broad SMARTS) is 1. The third kappa shape index (κ3) is 7.92. The van der Waals surface area contributed by atoms with Crippen LogP contribution in [0.2, 0.25) is 0 Å². The lowest BCUT2D eigenvalue weighted by molar-refractivity contribution is -0.139. The first kappa shape index (κ1) is 25.9. The fourth-order valence-corrected chi connectivity index (χ4v) is 3.85. The molecule has 184 valence electrons. The van der Waals surface area contributed by atoms with E-state index in [1.54, 1.807) is 24.3 Å². The van der Waals surface area contributed by atoms with E-state index >= 15 is 0 Å². The Balaban J connectivity index is 1.63. The van der Waals surface area contributed by atoms with Gasteiger partial charge in [0, 0.05) is 4.90 Å². The average Bonchev–Trinajstić information content (AvgIpc) is 3.23. The number of ketones is 1. The second-order valence-corrected chi connectivity index (χ2v) is 9.86. The van der Waals surface area contributed by atoms with Gasteiger partial charge in [-0.05, 0) is 50.9 Å². The van der Waals surface area contributed by atoms with Gasteiger partial charge in [-0.1, -0.05) is 63.2 Å². The molecule has 0 saturated carbocycles. The summed E-state index contributed by atoms with van der Waals surface area (Å²) >= 11 is 1.27. The van der Waals surface area contributed by atoms with Crippen molar-refractivity contribution in [1.82, 2.24) is 25.5 Å². The molecule has 3 aromatic rings. The van der Waals surface area contributed by atoms with Gasteiger partial charge >= 0.3 is 12.1 Å². The van der Waals surface area contributed by atoms with E-state index in [0.717, 1.165) is 10.5 Å². The molecule has 1 atom stereocenters. The summed E-state index contributed by atoms with van der Waals surface area (Å²) in [4.78, 5) is 37.2. The molecule has 1 aromatic heterocycles. The predicted molar refractivity (Wildman–Crippen MR) is 128 cm³/mol. The smallest absolute Gasteiger partial charge is 0.408 e. The summed E-state index contributed by atoms with van der Waals surface area (Å²) in [7, 11) is 0. The van der Waals surface area contributed by atoms with Gasteiger partial charge in [0.1, 0.15) is 19.2 Å². The molecule has 0 bridgehead atoms. The van der Waals surface area contributed by atoms with Crippen LogP contribution in [0.15, 0.2) is 64.6 Å². The molecule has 2 N–H and O–H groups in total. The third-order valence-corrected chi connectivity index (χ3v) is 5.99. The van der Waals surface area contributed by atoms with E-state index in [9.17, 15) is 19.5 Å². The summed E-state index contributed by atoms with van der Waals surface area (Å²) in [6.45, 7) is 6.05. The summed E-state index contributed by atoms with van der Waals surface area (Å²) in [5.41, 5.74) is 1.96. The van der Waals surface area contributed by atoms with Gasteiger partial charge in [-0.15, -0.1) is 5.10 Å². The molecule has 0 aliphatic rings. The highest BCUT2D eigenvalue weighted by Crippen LogP contribution is 2.29. The number of aromatic nitrogens is 4. The van der Waals surface area contributed by atoms with Crippen molar-refractivity contribution in [2.24, 2.45) is 0 Å². The molecule has 0 aliphatic carbocycles. The zero-order chi connectivity index (χ0) is 25.4. The van der Waals surface area contributed by atoms with Crippen molar-refractivity contribution < 1.29 is 24.2 Å². The van der Waals surface area contributed by atoms with Crippen molar-refractivity contribution in [3.8, 4) is 0 Å². The standard InChI is InChI=1S/C24H27N5O5S/c1-24(2,3)17-9-11-18(12-10-17)35-22-26-27-28-29(22)14-20(30)19(13-21(31)32)25-23(33)34-15-16-7-5-4-6-8-16/h4-12,19H,13-15H2,1-3H3,(H,25,33)(H,31,32). The molecule has 35 heavy (non-hydrogen) atoms. The summed E-state index contributed by atoms with van der Waals surface area (Å²) in [5.74, 6) is -1.81. The van der Waals surface area contributed by atoms with Gasteiger partial charge in [0.2, 0.25) is 5.16 Å². The number of rotatable bonds is 10. The topological polar surface area (TPSA) is 136 Å². The molecule has 1 heterocycles. The second-order valence-electron chi connectivity index (χ2n) is 8.82. The number of carboxylic acids is 1. The molecule has 10 nitrogen and oxygen atoms in total. The number of nitrogens with one attached hydrogen (secondary N) is 1. The molecule has 3 rings (SSSR count). The normalized spacial score (nSPS) is 12.1. The highest BCUT2D eigenvalue weighted by Gasteiger charge is 2.26. The van der Waals surface area contributed by atoms with Gasteiger partial charge in [-0.25, -0.2) is 9.48 Å². The fraction of sp³-hybridized carbons (Fsp3) is 0.333. The molecule has 0 spiro atoms. The van der Waals surface area contributed by atoms with Crippen molar-refractivity contribution in [1.29, 1.82) is 0 Å². The average molecular weight is 498 g/mol. The van der Waals surface area contributed by atoms with Crippen molar-refractivity contribution in [3.05, 3.63) is 65.7 Å². The highest BCUT2D eigenvalue weighted by atomic mass is 32.2. The van der Waals surface area contributed by atoms with Crippen LogP contribution in [-0.2, 0) is 32.9 Å². The molecule has 1 amide bonds. The Hall–Kier alpha value is -3.73. The molecule has 1 unspecified atom stereocenters. The first-order chi connectivity index (χ1) is 16.6. The lowest BCUT2D eigenvalue weighted by Gasteiger charge is -2.19. The Kier molecular flexibility index (Phi) is 8.58. The zero-order valence-electron chi connectivity index (χ0n) is 19.7. The van der Waals surface area contributed by atoms with Crippen LogP contribution in [0.25, 0.3) is 0 Å². The van der Waals surface area contributed by atoms with E-state index < -0.39 is 30.3 Å². The minimum Gasteiger partial charge on any atom is -0.481 e. The Labute approximate surface area is 207 Å². The van der Waals surface area contributed by atoms with Crippen LogP contribution in [0.1, 0.15) is 38.3 Å². The van der Waals surface area contributed by atoms with Crippen molar-refractivity contribution in [2.75, 3.05) is 0 Å². The van der Waals surface area contributed by atoms with Crippen LogP contribution in [0.4, 0.5) is 4.79 Å². The van der Waals surface area contributed by atoms with Crippen molar-refractivity contribution >= 4 is 29.6 Å². The molecule has 0 saturated heterocycles. The SMILES string of the molecule is CC(C)(C)c1ccc(Sc2nnnn2CC(=O)C(CC(=O)O)NC(=O)OCc2ccccc2)cc1. The molecule has 0 fully saturated rings. The number of alkyl carbamates (subject to hydrolysis) is 1. The van der Waals surface area contributed by atoms with E-state index in [1.807, 2.05) is 30.3 Å². The number of ether oxygens (including phenoxy) is 1. The van der Waals surface area contributed by atoms with E-state index in [-0.39, 0.29) is 18.6 Å². The molecular formula is C24H27N5O5S. The number of tetrazole rings is 1. The summed E-state index contributed by atoms with van der Waals surface area (Å²) in [5, 5.41) is 23.4. The number of benzene rings is 2. The first-order valence-corrected chi connectivity index (χ1v) is 11.7. The molecule has 11 heteroatoms. The maximum absolute atomic E-state index is 12.9. The van der Waals surface area contributed by atoms with E-state index in [4.69, 9.17) is 4.74 Å². The number of carbonyl (C=O) groups excluding carboxylic acids is 2. The third-order valence-electron chi connectivity index (χ3n) is 5.01. The van der Waals surface area contributed by atoms with Gasteiger partial charge < -0.3 is 15.2 Å². The second kappa shape index (κ2) is 11.6. The number of hydrogen-bond acceptors (Lipinski definition) is 8. The van der Waals surface area contributed by atoms with E-state index in [2.05, 4.69) is 41.6 Å². The summed E-state index contributed by atoms with van der Waals surface area (Å²) < 4.78 is 6.39. The quantitative estimate of drug-likeness (QED) is 0.431. The number of aliphatic carboxylic acids is 1. The van der Waals surface area contributed by atoms with Crippen LogP contribution in [0.3, 0.4) is 0 Å². The minimum atomic E-state index is -1.30. The van der Waals surface area contributed by atoms with Crippen molar-refractivity contribution in [3.63, 3.8) is 0 Å². The molecule has 0 radical (unpaired) electrons. The largest absolute Gasteiger partial charge is 0.481 e. The van der Waals surface area contributed by atoms with Crippen LogP contribution < -0.4 is 5.32 Å². The van der Waals surface area contributed by atoms with E-state index in [0.29, 0.717) is 5.16 Å². The number of Topliss-reactive ketones (excluding diaryl/α,β-unsaturated/α-hetero) is 1. The van der Waals surface area contributed by atoms with Crippen molar-refractivity contribution in [2.45, 2.75) is 61.9 Å². The van der Waals surface area contributed by atoms with Gasteiger partial charge in [0.05, 0.1) is 6.42 Å². The molecular weight excluding hydrogens is 470 g/mol. The van der Waals surface area contributed by atoms with Gasteiger partial charge in [-0.2, -0.15) is 0 Å². The van der Waals surface area contributed by atoms with Gasteiger partial charge in [0.25, 0.3) is 0 Å². The number of amides is 1. The minimum absolute atomic E-state index is 0.0115. The van der Waals surface area contributed by atoms with Crippen LogP contribution in [0, 0.1) is 0 Å². The number of nitrogens with zero attached hydrogens (tertiary/aromatic N) is 4. The first-order valence-electron chi connectivity index (χ1n) is 10.9.